The van der Waals surface area contributed by atoms with E-state index in [4.69, 9.17) is 0 Å². The maximum atomic E-state index is 12.1. The maximum Gasteiger partial charge on any atom is 0.251 e. The first-order valence-corrected chi connectivity index (χ1v) is 8.25. The quantitative estimate of drug-likeness (QED) is 0.772. The molecule has 5 heteroatoms. The molecular weight excluding hydrogens is 290 g/mol. The van der Waals surface area contributed by atoms with Crippen molar-refractivity contribution in [2.45, 2.75) is 45.1 Å². The van der Waals surface area contributed by atoms with Gasteiger partial charge in [0.05, 0.1) is 0 Å². The lowest BCUT2D eigenvalue weighted by Crippen LogP contribution is -2.38. The molecule has 1 fully saturated rings. The van der Waals surface area contributed by atoms with Gasteiger partial charge in [-0.1, -0.05) is 32.9 Å². The number of carbonyl (C=O) groups excluding carboxylic acids is 2. The van der Waals surface area contributed by atoms with Gasteiger partial charge in [-0.25, -0.2) is 0 Å². The summed E-state index contributed by atoms with van der Waals surface area (Å²) in [5.74, 6) is -0.150. The van der Waals surface area contributed by atoms with Gasteiger partial charge in [0.2, 0.25) is 5.91 Å². The number of nitrogens with one attached hydrogen (secondary N) is 3. The Bertz CT molecular complexity index is 540. The molecule has 0 bridgehead atoms. The van der Waals surface area contributed by atoms with Crippen molar-refractivity contribution in [1.29, 1.82) is 0 Å². The van der Waals surface area contributed by atoms with Gasteiger partial charge in [-0.2, -0.15) is 0 Å². The highest BCUT2D eigenvalue weighted by atomic mass is 16.2. The fourth-order valence-corrected chi connectivity index (χ4v) is 2.59. The summed E-state index contributed by atoms with van der Waals surface area (Å²) in [5.41, 5.74) is 1.89. The molecule has 126 valence electrons. The second kappa shape index (κ2) is 7.59. The molecule has 3 N–H and O–H groups in total. The van der Waals surface area contributed by atoms with Crippen molar-refractivity contribution in [3.8, 4) is 0 Å². The van der Waals surface area contributed by atoms with Crippen LogP contribution in [0.15, 0.2) is 24.3 Å². The second-order valence-corrected chi connectivity index (χ2v) is 7.09. The first kappa shape index (κ1) is 17.5. The van der Waals surface area contributed by atoms with Gasteiger partial charge in [0.25, 0.3) is 5.91 Å². The average molecular weight is 317 g/mol. The third-order valence-electron chi connectivity index (χ3n) is 4.08. The van der Waals surface area contributed by atoms with Gasteiger partial charge in [0.1, 0.15) is 0 Å². The number of carbonyl (C=O) groups is 2. The monoisotopic (exact) mass is 317 g/mol. The van der Waals surface area contributed by atoms with Crippen LogP contribution in [0.5, 0.6) is 0 Å². The molecule has 1 unspecified atom stereocenters. The van der Waals surface area contributed by atoms with Gasteiger partial charge < -0.3 is 16.0 Å². The average Bonchev–Trinajstić information content (AvgIpc) is 2.99. The summed E-state index contributed by atoms with van der Waals surface area (Å²) in [6.45, 7) is 8.55. The Morgan fingerprint density at radius 2 is 1.91 bits per heavy atom. The van der Waals surface area contributed by atoms with E-state index in [0.717, 1.165) is 19.5 Å². The summed E-state index contributed by atoms with van der Waals surface area (Å²) in [5, 5.41) is 8.97. The van der Waals surface area contributed by atoms with Gasteiger partial charge in [-0.3, -0.25) is 9.59 Å². The third kappa shape index (κ3) is 5.36. The van der Waals surface area contributed by atoms with Crippen LogP contribution in [-0.4, -0.2) is 37.5 Å². The SMILES string of the molecule is CC(C)(C)c1ccc(C(=O)NCCC(=O)NC2CCNC2)cc1. The number of hydrogen-bond donors (Lipinski definition) is 3. The molecule has 1 aliphatic rings. The molecular formula is C18H27N3O2. The molecule has 0 aliphatic carbocycles. The summed E-state index contributed by atoms with van der Waals surface area (Å²) in [6, 6.07) is 7.85. The van der Waals surface area contributed by atoms with Gasteiger partial charge in [0, 0.05) is 31.1 Å². The van der Waals surface area contributed by atoms with E-state index in [1.54, 1.807) is 0 Å². The van der Waals surface area contributed by atoms with Crippen LogP contribution in [0.1, 0.15) is 49.5 Å². The predicted octanol–water partition coefficient (Wildman–Crippen LogP) is 1.58. The van der Waals surface area contributed by atoms with Crippen molar-refractivity contribution in [1.82, 2.24) is 16.0 Å². The Balaban J connectivity index is 1.75. The minimum absolute atomic E-state index is 0.0120. The first-order valence-electron chi connectivity index (χ1n) is 8.25. The van der Waals surface area contributed by atoms with Crippen LogP contribution < -0.4 is 16.0 Å². The molecule has 0 spiro atoms. The second-order valence-electron chi connectivity index (χ2n) is 7.09. The van der Waals surface area contributed by atoms with E-state index >= 15 is 0 Å². The van der Waals surface area contributed by atoms with Gasteiger partial charge in [-0.15, -0.1) is 0 Å². The molecule has 1 aromatic rings. The summed E-state index contributed by atoms with van der Waals surface area (Å²) in [7, 11) is 0. The fraction of sp³-hybridized carbons (Fsp3) is 0.556. The van der Waals surface area contributed by atoms with Crippen molar-refractivity contribution >= 4 is 11.8 Å². The number of rotatable bonds is 5. The van der Waals surface area contributed by atoms with Crippen molar-refractivity contribution in [2.75, 3.05) is 19.6 Å². The van der Waals surface area contributed by atoms with Crippen molar-refractivity contribution in [3.05, 3.63) is 35.4 Å². The van der Waals surface area contributed by atoms with E-state index in [9.17, 15) is 9.59 Å². The highest BCUT2D eigenvalue weighted by Gasteiger charge is 2.17. The first-order chi connectivity index (χ1) is 10.9. The Morgan fingerprint density at radius 3 is 2.48 bits per heavy atom. The Kier molecular flexibility index (Phi) is 5.77. The molecule has 1 aliphatic heterocycles. The number of hydrogen-bond acceptors (Lipinski definition) is 3. The molecule has 23 heavy (non-hydrogen) atoms. The molecule has 2 amide bonds. The maximum absolute atomic E-state index is 12.1. The molecule has 1 saturated heterocycles. The fourth-order valence-electron chi connectivity index (χ4n) is 2.59. The van der Waals surface area contributed by atoms with Crippen LogP contribution in [0.2, 0.25) is 0 Å². The van der Waals surface area contributed by atoms with Gasteiger partial charge >= 0.3 is 0 Å². The molecule has 1 aromatic carbocycles. The Morgan fingerprint density at radius 1 is 1.22 bits per heavy atom. The zero-order valence-electron chi connectivity index (χ0n) is 14.2. The lowest BCUT2D eigenvalue weighted by molar-refractivity contribution is -0.121. The van der Waals surface area contributed by atoms with E-state index in [1.807, 2.05) is 24.3 Å². The van der Waals surface area contributed by atoms with E-state index in [0.29, 0.717) is 18.5 Å². The lowest BCUT2D eigenvalue weighted by Gasteiger charge is -2.19. The standard InChI is InChI=1S/C18H27N3O2/c1-18(2,3)14-6-4-13(5-7-14)17(23)20-11-9-16(22)21-15-8-10-19-12-15/h4-7,15,19H,8-12H2,1-3H3,(H,20,23)(H,21,22). The van der Waals surface area contributed by atoms with Gasteiger partial charge in [-0.05, 0) is 36.1 Å². The van der Waals surface area contributed by atoms with Gasteiger partial charge in [0.15, 0.2) is 0 Å². The minimum Gasteiger partial charge on any atom is -0.352 e. The zero-order chi connectivity index (χ0) is 16.9. The molecule has 1 heterocycles. The summed E-state index contributed by atoms with van der Waals surface area (Å²) < 4.78 is 0. The summed E-state index contributed by atoms with van der Waals surface area (Å²) in [6.07, 6.45) is 1.28. The van der Waals surface area contributed by atoms with Crippen molar-refractivity contribution in [2.24, 2.45) is 0 Å². The summed E-state index contributed by atoms with van der Waals surface area (Å²) >= 11 is 0. The summed E-state index contributed by atoms with van der Waals surface area (Å²) in [4.78, 5) is 23.9. The molecule has 2 rings (SSSR count). The van der Waals surface area contributed by atoms with Crippen molar-refractivity contribution in [3.63, 3.8) is 0 Å². The highest BCUT2D eigenvalue weighted by Crippen LogP contribution is 2.22. The number of benzene rings is 1. The lowest BCUT2D eigenvalue weighted by atomic mass is 9.87. The van der Waals surface area contributed by atoms with Crippen molar-refractivity contribution < 1.29 is 9.59 Å². The van der Waals surface area contributed by atoms with E-state index in [1.165, 1.54) is 5.56 Å². The molecule has 0 saturated carbocycles. The molecule has 0 aromatic heterocycles. The van der Waals surface area contributed by atoms with E-state index < -0.39 is 0 Å². The molecule has 5 nitrogen and oxygen atoms in total. The predicted molar refractivity (Wildman–Crippen MR) is 91.5 cm³/mol. The third-order valence-corrected chi connectivity index (χ3v) is 4.08. The van der Waals surface area contributed by atoms with E-state index in [2.05, 4.69) is 36.7 Å². The topological polar surface area (TPSA) is 70.2 Å². The van der Waals surface area contributed by atoms with E-state index in [-0.39, 0.29) is 23.3 Å². The Labute approximate surface area is 138 Å². The molecule has 0 radical (unpaired) electrons. The van der Waals surface area contributed by atoms with Crippen LogP contribution in [0, 0.1) is 0 Å². The van der Waals surface area contributed by atoms with Crippen LogP contribution in [0.3, 0.4) is 0 Å². The van der Waals surface area contributed by atoms with Crippen LogP contribution >= 0.6 is 0 Å². The smallest absolute Gasteiger partial charge is 0.251 e. The zero-order valence-corrected chi connectivity index (χ0v) is 14.2. The molecule has 1 atom stereocenters. The highest BCUT2D eigenvalue weighted by molar-refractivity contribution is 5.94. The number of amides is 2. The minimum atomic E-state index is -0.138. The largest absolute Gasteiger partial charge is 0.352 e. The van der Waals surface area contributed by atoms with Crippen LogP contribution in [0.25, 0.3) is 0 Å². The van der Waals surface area contributed by atoms with Crippen LogP contribution in [0.4, 0.5) is 0 Å². The normalized spacial score (nSPS) is 17.8. The van der Waals surface area contributed by atoms with Crippen LogP contribution in [-0.2, 0) is 10.2 Å². The Hall–Kier alpha value is -1.88.